The molecule has 0 aromatic heterocycles. The Morgan fingerprint density at radius 3 is 2.79 bits per heavy atom. The van der Waals surface area contributed by atoms with Gasteiger partial charge in [-0.1, -0.05) is 6.07 Å². The maximum atomic E-state index is 12.0. The normalized spacial score (nSPS) is 11.8. The Morgan fingerprint density at radius 2 is 2.21 bits per heavy atom. The van der Waals surface area contributed by atoms with Crippen molar-refractivity contribution in [1.29, 1.82) is 0 Å². The number of aryl methyl sites for hydroxylation is 1. The van der Waals surface area contributed by atoms with E-state index in [4.69, 9.17) is 4.74 Å². The van der Waals surface area contributed by atoms with Gasteiger partial charge in [0.25, 0.3) is 0 Å². The van der Waals surface area contributed by atoms with E-state index >= 15 is 0 Å². The van der Waals surface area contributed by atoms with Crippen LogP contribution >= 0.6 is 0 Å². The number of carbonyl (C=O) groups excluding carboxylic acids is 1. The molecule has 2 amide bonds. The molecule has 1 unspecified atom stereocenters. The molecular formula is C14H22N2O3. The fourth-order valence-corrected chi connectivity index (χ4v) is 1.61. The molecule has 106 valence electrons. The molecule has 0 saturated carbocycles. The van der Waals surface area contributed by atoms with Gasteiger partial charge >= 0.3 is 6.03 Å². The number of hydrogen-bond acceptors (Lipinski definition) is 3. The molecule has 0 heterocycles. The number of aliphatic hydroxyl groups is 1. The van der Waals surface area contributed by atoms with Gasteiger partial charge in [0.15, 0.2) is 0 Å². The molecule has 0 aliphatic heterocycles. The van der Waals surface area contributed by atoms with Crippen molar-refractivity contribution in [2.45, 2.75) is 26.4 Å². The van der Waals surface area contributed by atoms with Gasteiger partial charge in [-0.3, -0.25) is 0 Å². The third-order valence-electron chi connectivity index (χ3n) is 2.83. The van der Waals surface area contributed by atoms with Gasteiger partial charge in [0.2, 0.25) is 0 Å². The Morgan fingerprint density at radius 1 is 1.53 bits per heavy atom. The fourth-order valence-electron chi connectivity index (χ4n) is 1.61. The van der Waals surface area contributed by atoms with Gasteiger partial charge in [0.05, 0.1) is 18.9 Å². The molecule has 2 N–H and O–H groups in total. The van der Waals surface area contributed by atoms with E-state index in [1.165, 1.54) is 4.90 Å². The summed E-state index contributed by atoms with van der Waals surface area (Å²) in [7, 11) is 3.26. The van der Waals surface area contributed by atoms with Crippen LogP contribution in [-0.2, 0) is 0 Å². The van der Waals surface area contributed by atoms with Gasteiger partial charge in [-0.05, 0) is 38.0 Å². The van der Waals surface area contributed by atoms with Gasteiger partial charge in [-0.15, -0.1) is 0 Å². The Kier molecular flexibility index (Phi) is 5.63. The molecule has 0 bridgehead atoms. The average Bonchev–Trinajstić information content (AvgIpc) is 2.36. The molecule has 1 atom stereocenters. The lowest BCUT2D eigenvalue weighted by Gasteiger charge is -2.19. The number of methoxy groups -OCH3 is 1. The molecule has 5 nitrogen and oxygen atoms in total. The van der Waals surface area contributed by atoms with Crippen LogP contribution in [0.15, 0.2) is 18.2 Å². The number of rotatable bonds is 5. The van der Waals surface area contributed by atoms with E-state index in [9.17, 15) is 9.90 Å². The van der Waals surface area contributed by atoms with Crippen molar-refractivity contribution in [2.24, 2.45) is 0 Å². The molecule has 0 aliphatic rings. The van der Waals surface area contributed by atoms with E-state index in [2.05, 4.69) is 5.32 Å². The van der Waals surface area contributed by atoms with E-state index < -0.39 is 6.10 Å². The predicted octanol–water partition coefficient (Wildman–Crippen LogP) is 2.24. The number of aliphatic hydroxyl groups excluding tert-OH is 1. The first-order chi connectivity index (χ1) is 8.93. The number of ether oxygens (including phenoxy) is 1. The number of nitrogens with one attached hydrogen (secondary N) is 1. The average molecular weight is 266 g/mol. The van der Waals surface area contributed by atoms with Gasteiger partial charge in [0, 0.05) is 13.6 Å². The molecule has 1 aromatic carbocycles. The second-order valence-electron chi connectivity index (χ2n) is 4.69. The Balaban J connectivity index is 2.68. The molecular weight excluding hydrogens is 244 g/mol. The van der Waals surface area contributed by atoms with Crippen molar-refractivity contribution >= 4 is 11.7 Å². The topological polar surface area (TPSA) is 61.8 Å². The number of benzene rings is 1. The number of carbonyl (C=O) groups is 1. The highest BCUT2D eigenvalue weighted by atomic mass is 16.5. The summed E-state index contributed by atoms with van der Waals surface area (Å²) in [6.07, 6.45) is 0.137. The van der Waals surface area contributed by atoms with Crippen LogP contribution in [0.3, 0.4) is 0 Å². The number of amides is 2. The summed E-state index contributed by atoms with van der Waals surface area (Å²) >= 11 is 0. The first-order valence-electron chi connectivity index (χ1n) is 6.29. The minimum atomic E-state index is -0.413. The summed E-state index contributed by atoms with van der Waals surface area (Å²) in [6.45, 7) is 4.15. The zero-order valence-corrected chi connectivity index (χ0v) is 11.9. The summed E-state index contributed by atoms with van der Waals surface area (Å²) in [6, 6.07) is 5.38. The summed E-state index contributed by atoms with van der Waals surface area (Å²) in [4.78, 5) is 13.5. The van der Waals surface area contributed by atoms with Gasteiger partial charge in [0.1, 0.15) is 5.75 Å². The molecule has 0 radical (unpaired) electrons. The highest BCUT2D eigenvalue weighted by Crippen LogP contribution is 2.25. The van der Waals surface area contributed by atoms with Gasteiger partial charge in [-0.2, -0.15) is 0 Å². The first-order valence-corrected chi connectivity index (χ1v) is 6.29. The molecule has 0 spiro atoms. The molecule has 0 saturated heterocycles. The number of urea groups is 1. The second-order valence-corrected chi connectivity index (χ2v) is 4.69. The maximum Gasteiger partial charge on any atom is 0.321 e. The zero-order valence-electron chi connectivity index (χ0n) is 11.9. The van der Waals surface area contributed by atoms with Crippen molar-refractivity contribution in [3.63, 3.8) is 0 Å². The van der Waals surface area contributed by atoms with E-state index in [0.29, 0.717) is 24.4 Å². The van der Waals surface area contributed by atoms with Crippen LogP contribution in [0.1, 0.15) is 18.9 Å². The lowest BCUT2D eigenvalue weighted by atomic mass is 10.2. The van der Waals surface area contributed by atoms with Crippen molar-refractivity contribution < 1.29 is 14.6 Å². The molecule has 0 fully saturated rings. The van der Waals surface area contributed by atoms with Crippen molar-refractivity contribution in [3.8, 4) is 5.75 Å². The van der Waals surface area contributed by atoms with E-state index in [1.54, 1.807) is 21.1 Å². The largest absolute Gasteiger partial charge is 0.495 e. The first kappa shape index (κ1) is 15.3. The SMILES string of the molecule is COc1ccc(C)cc1NC(=O)N(C)CCC(C)O. The third-order valence-corrected chi connectivity index (χ3v) is 2.83. The van der Waals surface area contributed by atoms with Crippen molar-refractivity contribution in [3.05, 3.63) is 23.8 Å². The maximum absolute atomic E-state index is 12.0. The van der Waals surface area contributed by atoms with Gasteiger partial charge in [-0.25, -0.2) is 4.79 Å². The molecule has 19 heavy (non-hydrogen) atoms. The summed E-state index contributed by atoms with van der Waals surface area (Å²) in [5, 5.41) is 12.0. The smallest absolute Gasteiger partial charge is 0.321 e. The zero-order chi connectivity index (χ0) is 14.4. The van der Waals surface area contributed by atoms with E-state index in [-0.39, 0.29) is 6.03 Å². The van der Waals surface area contributed by atoms with Crippen LogP contribution in [0.25, 0.3) is 0 Å². The quantitative estimate of drug-likeness (QED) is 0.859. The van der Waals surface area contributed by atoms with Crippen LogP contribution in [-0.4, -0.2) is 42.8 Å². The standard InChI is InChI=1S/C14H22N2O3/c1-10-5-6-13(19-4)12(9-10)15-14(18)16(3)8-7-11(2)17/h5-6,9,11,17H,7-8H2,1-4H3,(H,15,18). The summed E-state index contributed by atoms with van der Waals surface area (Å²) in [5.74, 6) is 0.628. The Labute approximate surface area is 114 Å². The second kappa shape index (κ2) is 6.99. The molecule has 1 aromatic rings. The third kappa shape index (κ3) is 4.79. The Bertz CT molecular complexity index is 433. The lowest BCUT2D eigenvalue weighted by molar-refractivity contribution is 0.167. The number of anilines is 1. The van der Waals surface area contributed by atoms with Crippen LogP contribution < -0.4 is 10.1 Å². The highest BCUT2D eigenvalue weighted by molar-refractivity contribution is 5.90. The van der Waals surface area contributed by atoms with Gasteiger partial charge < -0.3 is 20.1 Å². The van der Waals surface area contributed by atoms with Crippen LogP contribution in [0.5, 0.6) is 5.75 Å². The molecule has 0 aliphatic carbocycles. The van der Waals surface area contributed by atoms with E-state index in [0.717, 1.165) is 5.56 Å². The fraction of sp³-hybridized carbons (Fsp3) is 0.500. The van der Waals surface area contributed by atoms with E-state index in [1.807, 2.05) is 25.1 Å². The minimum Gasteiger partial charge on any atom is -0.495 e. The Hall–Kier alpha value is -1.75. The lowest BCUT2D eigenvalue weighted by Crippen LogP contribution is -2.33. The minimum absolute atomic E-state index is 0.218. The number of hydrogen-bond donors (Lipinski definition) is 2. The number of nitrogens with zero attached hydrogens (tertiary/aromatic N) is 1. The highest BCUT2D eigenvalue weighted by Gasteiger charge is 2.12. The molecule has 1 rings (SSSR count). The monoisotopic (exact) mass is 266 g/mol. The summed E-state index contributed by atoms with van der Waals surface area (Å²) < 4.78 is 5.21. The van der Waals surface area contributed by atoms with Crippen LogP contribution in [0, 0.1) is 6.92 Å². The van der Waals surface area contributed by atoms with Crippen LogP contribution in [0.4, 0.5) is 10.5 Å². The predicted molar refractivity (Wildman–Crippen MR) is 75.7 cm³/mol. The van der Waals surface area contributed by atoms with Crippen LogP contribution in [0.2, 0.25) is 0 Å². The molecule has 5 heteroatoms. The summed E-state index contributed by atoms with van der Waals surface area (Å²) in [5.41, 5.74) is 1.69. The van der Waals surface area contributed by atoms with Crippen molar-refractivity contribution in [1.82, 2.24) is 4.90 Å². The van der Waals surface area contributed by atoms with Crippen molar-refractivity contribution in [2.75, 3.05) is 26.0 Å².